The average Bonchev–Trinajstić information content (AvgIpc) is 3.07. The lowest BCUT2D eigenvalue weighted by Gasteiger charge is -2.19. The van der Waals surface area contributed by atoms with Crippen molar-refractivity contribution in [2.45, 2.75) is 26.4 Å². The fourth-order valence-corrected chi connectivity index (χ4v) is 2.30. The highest BCUT2D eigenvalue weighted by Crippen LogP contribution is 2.15. The number of nitrogens with one attached hydrogen (secondary N) is 5. The summed E-state index contributed by atoms with van der Waals surface area (Å²) in [5, 5.41) is 9.15. The van der Waals surface area contributed by atoms with E-state index in [1.165, 1.54) is 0 Å². The number of hydrazone groups is 1. The molecule has 10 heteroatoms. The van der Waals surface area contributed by atoms with Gasteiger partial charge in [0.2, 0.25) is 0 Å². The van der Waals surface area contributed by atoms with Gasteiger partial charge in [0.25, 0.3) is 5.91 Å². The molecule has 0 fully saturated rings. The van der Waals surface area contributed by atoms with Crippen molar-refractivity contribution in [2.75, 3.05) is 11.9 Å². The maximum absolute atomic E-state index is 12.3. The Morgan fingerprint density at radius 1 is 1.28 bits per heavy atom. The molecule has 25 heavy (non-hydrogen) atoms. The third kappa shape index (κ3) is 6.59. The monoisotopic (exact) mass is 412 g/mol. The second-order valence-electron chi connectivity index (χ2n) is 5.79. The predicted octanol–water partition coefficient (Wildman–Crippen LogP) is 1.45. The van der Waals surface area contributed by atoms with Crippen molar-refractivity contribution in [1.82, 2.24) is 21.8 Å². The molecule has 2 amide bonds. The zero-order valence-corrected chi connectivity index (χ0v) is 15.5. The Morgan fingerprint density at radius 2 is 2.00 bits per heavy atom. The van der Waals surface area contributed by atoms with Crippen LogP contribution in [0.15, 0.2) is 33.8 Å². The van der Waals surface area contributed by atoms with Crippen LogP contribution in [0.3, 0.4) is 0 Å². The maximum Gasteiger partial charge on any atom is 0.412 e. The van der Waals surface area contributed by atoms with Crippen LogP contribution in [-0.2, 0) is 9.53 Å². The zero-order valence-electron chi connectivity index (χ0n) is 13.9. The number of halogens is 1. The molecule has 0 aliphatic carbocycles. The Balaban J connectivity index is 1.89. The normalized spacial score (nSPS) is 14.2. The summed E-state index contributed by atoms with van der Waals surface area (Å²) < 4.78 is 6.21. The Bertz CT molecular complexity index is 635. The van der Waals surface area contributed by atoms with Gasteiger partial charge < -0.3 is 10.1 Å². The van der Waals surface area contributed by atoms with Crippen LogP contribution in [0.5, 0.6) is 0 Å². The first-order valence-corrected chi connectivity index (χ1v) is 8.57. The van der Waals surface area contributed by atoms with Gasteiger partial charge in [0.05, 0.1) is 6.54 Å². The van der Waals surface area contributed by atoms with Crippen LogP contribution < -0.4 is 27.1 Å². The number of carbonyl (C=O) groups is 2. The van der Waals surface area contributed by atoms with Gasteiger partial charge in [0.1, 0.15) is 0 Å². The molecular formula is C15H21BrN6O3. The summed E-state index contributed by atoms with van der Waals surface area (Å²) >= 11 is 3.32. The van der Waals surface area contributed by atoms with Gasteiger partial charge in [0.15, 0.2) is 11.9 Å². The predicted molar refractivity (Wildman–Crippen MR) is 97.3 cm³/mol. The molecule has 1 aromatic rings. The molecule has 0 bridgehead atoms. The molecule has 9 nitrogen and oxygen atoms in total. The zero-order chi connectivity index (χ0) is 18.2. The first-order valence-electron chi connectivity index (χ1n) is 7.77. The maximum atomic E-state index is 12.3. The minimum absolute atomic E-state index is 0.182. The van der Waals surface area contributed by atoms with E-state index in [0.717, 1.165) is 4.47 Å². The number of rotatable bonds is 7. The second-order valence-corrected chi connectivity index (χ2v) is 6.71. The van der Waals surface area contributed by atoms with E-state index >= 15 is 0 Å². The van der Waals surface area contributed by atoms with Crippen LogP contribution in [0.4, 0.5) is 10.5 Å². The van der Waals surface area contributed by atoms with Crippen molar-refractivity contribution in [3.8, 4) is 0 Å². The van der Waals surface area contributed by atoms with Crippen LogP contribution in [0, 0.1) is 5.92 Å². The van der Waals surface area contributed by atoms with E-state index < -0.39 is 12.2 Å². The van der Waals surface area contributed by atoms with Crippen molar-refractivity contribution in [2.24, 2.45) is 11.0 Å². The van der Waals surface area contributed by atoms with Crippen LogP contribution in [0.2, 0.25) is 0 Å². The lowest BCUT2D eigenvalue weighted by atomic mass is 10.1. The van der Waals surface area contributed by atoms with Crippen molar-refractivity contribution >= 4 is 39.5 Å². The van der Waals surface area contributed by atoms with Crippen LogP contribution in [-0.4, -0.2) is 30.5 Å². The number of hydrogen-bond acceptors (Lipinski definition) is 7. The van der Waals surface area contributed by atoms with Gasteiger partial charge in [-0.1, -0.05) is 29.8 Å². The Labute approximate surface area is 154 Å². The third-order valence-corrected chi connectivity index (χ3v) is 3.73. The van der Waals surface area contributed by atoms with Crippen molar-refractivity contribution in [1.29, 1.82) is 0 Å². The molecule has 2 rings (SSSR count). The molecule has 5 N–H and O–H groups in total. The minimum Gasteiger partial charge on any atom is -0.436 e. The van der Waals surface area contributed by atoms with Crippen LogP contribution in [0.25, 0.3) is 0 Å². The molecule has 1 aliphatic heterocycles. The molecule has 0 radical (unpaired) electrons. The molecule has 1 atom stereocenters. The van der Waals surface area contributed by atoms with Crippen molar-refractivity contribution in [3.05, 3.63) is 28.7 Å². The summed E-state index contributed by atoms with van der Waals surface area (Å²) in [6, 6.07) is 7.05. The highest BCUT2D eigenvalue weighted by atomic mass is 79.9. The van der Waals surface area contributed by atoms with E-state index in [2.05, 4.69) is 48.2 Å². The van der Waals surface area contributed by atoms with Gasteiger partial charge in [0, 0.05) is 10.2 Å². The van der Waals surface area contributed by atoms with Crippen molar-refractivity contribution in [3.63, 3.8) is 0 Å². The molecule has 0 saturated heterocycles. The Hall–Kier alpha value is -2.33. The smallest absolute Gasteiger partial charge is 0.412 e. The van der Waals surface area contributed by atoms with Gasteiger partial charge >= 0.3 is 6.09 Å². The van der Waals surface area contributed by atoms with Crippen LogP contribution >= 0.6 is 15.9 Å². The number of ether oxygens (including phenoxy) is 1. The lowest BCUT2D eigenvalue weighted by molar-refractivity contribution is -0.129. The number of amides is 2. The van der Waals surface area contributed by atoms with Gasteiger partial charge in [-0.2, -0.15) is 0 Å². The molecule has 0 saturated carbocycles. The fraction of sp³-hybridized carbons (Fsp3) is 0.400. The number of nitrogens with zero attached hydrogens (tertiary/aromatic N) is 1. The van der Waals surface area contributed by atoms with E-state index in [4.69, 9.17) is 4.74 Å². The van der Waals surface area contributed by atoms with Gasteiger partial charge in [-0.25, -0.2) is 10.3 Å². The molecule has 0 unspecified atom stereocenters. The van der Waals surface area contributed by atoms with Gasteiger partial charge in [-0.05, 0) is 36.6 Å². The highest BCUT2D eigenvalue weighted by molar-refractivity contribution is 9.10. The minimum atomic E-state index is -0.890. The summed E-state index contributed by atoms with van der Waals surface area (Å²) in [5.74, 6) is 0.327. The number of hydrogen-bond donors (Lipinski definition) is 5. The first-order chi connectivity index (χ1) is 11.9. The Morgan fingerprint density at radius 3 is 2.60 bits per heavy atom. The van der Waals surface area contributed by atoms with E-state index in [0.29, 0.717) is 17.9 Å². The van der Waals surface area contributed by atoms with Crippen molar-refractivity contribution < 1.29 is 14.3 Å². The standard InChI is InChI=1S/C15H21BrN6O3/c1-9(2)7-12(14(23)17-8-13-19-21-22-20-13)25-15(24)18-11-5-3-10(16)4-6-11/h3-6,9,12,21-22H,7-8H2,1-2H3,(H,17,23)(H,18,24)(H,19,20)/t12-/m0/s1. The fourth-order valence-electron chi connectivity index (χ4n) is 2.04. The number of anilines is 1. The number of hydrazine groups is 2. The van der Waals surface area contributed by atoms with E-state index in [9.17, 15) is 9.59 Å². The molecular weight excluding hydrogens is 392 g/mol. The van der Waals surface area contributed by atoms with E-state index in [1.807, 2.05) is 13.8 Å². The average molecular weight is 413 g/mol. The molecule has 136 valence electrons. The first kappa shape index (κ1) is 19.0. The Kier molecular flexibility index (Phi) is 7.02. The summed E-state index contributed by atoms with van der Waals surface area (Å²) in [5.41, 5.74) is 8.37. The van der Waals surface area contributed by atoms with Crippen LogP contribution in [0.1, 0.15) is 20.3 Å². The highest BCUT2D eigenvalue weighted by Gasteiger charge is 2.24. The van der Waals surface area contributed by atoms with E-state index in [1.54, 1.807) is 24.3 Å². The SMILES string of the molecule is CC(C)C[C@H](OC(=O)Nc1ccc(Br)cc1)C(=O)NCC1=NNNN1. The van der Waals surface area contributed by atoms with Gasteiger partial charge in [-0.15, -0.1) is 10.6 Å². The largest absolute Gasteiger partial charge is 0.436 e. The molecule has 1 heterocycles. The number of carbonyl (C=O) groups excluding carboxylic acids is 2. The summed E-state index contributed by atoms with van der Waals surface area (Å²) in [6.45, 7) is 4.09. The summed E-state index contributed by atoms with van der Waals surface area (Å²) in [6.07, 6.45) is -1.16. The quantitative estimate of drug-likeness (QED) is 0.462. The topological polar surface area (TPSA) is 116 Å². The summed E-state index contributed by atoms with van der Waals surface area (Å²) in [4.78, 5) is 24.4. The second kappa shape index (κ2) is 9.23. The lowest BCUT2D eigenvalue weighted by Crippen LogP contribution is -2.45. The third-order valence-electron chi connectivity index (χ3n) is 3.20. The summed E-state index contributed by atoms with van der Waals surface area (Å²) in [7, 11) is 0. The molecule has 1 aromatic carbocycles. The number of amidine groups is 1. The van der Waals surface area contributed by atoms with E-state index in [-0.39, 0.29) is 18.4 Å². The molecule has 1 aliphatic rings. The van der Waals surface area contributed by atoms with Gasteiger partial charge in [-0.3, -0.25) is 15.5 Å². The number of benzene rings is 1. The molecule has 0 aromatic heterocycles. The molecule has 0 spiro atoms.